The summed E-state index contributed by atoms with van der Waals surface area (Å²) in [7, 11) is 0. The highest BCUT2D eigenvalue weighted by Crippen LogP contribution is 2.33. The molecule has 1 fully saturated rings. The molecule has 0 aromatic heterocycles. The third-order valence-electron chi connectivity index (χ3n) is 3.04. The second-order valence-corrected chi connectivity index (χ2v) is 4.41. The number of para-hydroxylation sites is 1. The third kappa shape index (κ3) is 2.65. The summed E-state index contributed by atoms with van der Waals surface area (Å²) in [6.07, 6.45) is 2.83. The highest BCUT2D eigenvalue weighted by Gasteiger charge is 2.30. The Morgan fingerprint density at radius 3 is 2.76 bits per heavy atom. The number of ketones is 1. The molecule has 0 bridgehead atoms. The van der Waals surface area contributed by atoms with Gasteiger partial charge in [0, 0.05) is 23.8 Å². The van der Waals surface area contributed by atoms with E-state index in [4.69, 9.17) is 5.26 Å². The van der Waals surface area contributed by atoms with Crippen LogP contribution in [0.4, 0.5) is 5.69 Å². The van der Waals surface area contributed by atoms with Gasteiger partial charge in [-0.1, -0.05) is 12.1 Å². The lowest BCUT2D eigenvalue weighted by Gasteiger charge is -2.25. The Hall–Kier alpha value is -1.82. The van der Waals surface area contributed by atoms with Crippen molar-refractivity contribution in [3.05, 3.63) is 29.8 Å². The smallest absolute Gasteiger partial charge is 0.161 e. The lowest BCUT2D eigenvalue weighted by atomic mass is 10.1. The van der Waals surface area contributed by atoms with Crippen molar-refractivity contribution in [3.63, 3.8) is 0 Å². The largest absolute Gasteiger partial charge is 0.367 e. The molecule has 0 unspecified atom stereocenters. The Bertz CT molecular complexity index is 458. The number of hydrogen-bond donors (Lipinski definition) is 0. The van der Waals surface area contributed by atoms with Crippen molar-refractivity contribution in [1.82, 2.24) is 0 Å². The van der Waals surface area contributed by atoms with E-state index in [0.717, 1.165) is 24.1 Å². The molecule has 0 heterocycles. The number of rotatable bonds is 5. The van der Waals surface area contributed by atoms with Crippen LogP contribution in [0.2, 0.25) is 0 Å². The normalized spacial score (nSPS) is 14.1. The van der Waals surface area contributed by atoms with Gasteiger partial charge in [-0.05, 0) is 31.9 Å². The van der Waals surface area contributed by atoms with E-state index in [-0.39, 0.29) is 5.78 Å². The maximum absolute atomic E-state index is 11.6. The molecule has 0 radical (unpaired) electrons. The summed E-state index contributed by atoms with van der Waals surface area (Å²) in [4.78, 5) is 13.8. The van der Waals surface area contributed by atoms with Gasteiger partial charge in [-0.15, -0.1) is 0 Å². The molecule has 88 valence electrons. The molecule has 2 rings (SSSR count). The van der Waals surface area contributed by atoms with Gasteiger partial charge in [0.25, 0.3) is 0 Å². The minimum absolute atomic E-state index is 0.0863. The van der Waals surface area contributed by atoms with E-state index < -0.39 is 0 Å². The van der Waals surface area contributed by atoms with Crippen LogP contribution in [0.3, 0.4) is 0 Å². The number of carbonyl (C=O) groups excluding carboxylic acids is 1. The molecule has 0 spiro atoms. The van der Waals surface area contributed by atoms with E-state index in [0.29, 0.717) is 19.0 Å². The molecule has 0 amide bonds. The fourth-order valence-corrected chi connectivity index (χ4v) is 2.08. The lowest BCUT2D eigenvalue weighted by Crippen LogP contribution is -2.28. The maximum atomic E-state index is 11.6. The second kappa shape index (κ2) is 5.01. The van der Waals surface area contributed by atoms with Gasteiger partial charge < -0.3 is 4.90 Å². The highest BCUT2D eigenvalue weighted by molar-refractivity contribution is 5.99. The first kappa shape index (κ1) is 11.7. The first-order chi connectivity index (χ1) is 8.24. The topological polar surface area (TPSA) is 44.1 Å². The molecular formula is C14H16N2O. The minimum atomic E-state index is 0.0863. The summed E-state index contributed by atoms with van der Waals surface area (Å²) in [5, 5.41) is 8.70. The molecule has 1 aliphatic rings. The number of anilines is 1. The predicted molar refractivity (Wildman–Crippen MR) is 67.0 cm³/mol. The number of nitrogens with zero attached hydrogens (tertiary/aromatic N) is 2. The Morgan fingerprint density at radius 2 is 2.18 bits per heavy atom. The molecule has 0 aliphatic heterocycles. The molecule has 1 aliphatic carbocycles. The summed E-state index contributed by atoms with van der Waals surface area (Å²) < 4.78 is 0. The van der Waals surface area contributed by atoms with Crippen LogP contribution in [0.5, 0.6) is 0 Å². The van der Waals surface area contributed by atoms with E-state index in [9.17, 15) is 4.79 Å². The van der Waals surface area contributed by atoms with Crippen LogP contribution in [-0.2, 0) is 0 Å². The van der Waals surface area contributed by atoms with E-state index in [2.05, 4.69) is 11.0 Å². The number of hydrogen-bond acceptors (Lipinski definition) is 3. The van der Waals surface area contributed by atoms with Gasteiger partial charge in [0.1, 0.15) is 0 Å². The number of Topliss-reactive ketones (excluding diaryl/α,β-unsaturated/α-hetero) is 1. The molecule has 3 heteroatoms. The SMILES string of the molecule is CC(=O)c1ccccc1N(CCC#N)C1CC1. The predicted octanol–water partition coefficient (Wildman–Crippen LogP) is 2.77. The monoisotopic (exact) mass is 228 g/mol. The van der Waals surface area contributed by atoms with Crippen LogP contribution in [0, 0.1) is 11.3 Å². The van der Waals surface area contributed by atoms with Crippen LogP contribution in [0.25, 0.3) is 0 Å². The zero-order valence-corrected chi connectivity index (χ0v) is 10.0. The van der Waals surface area contributed by atoms with Crippen molar-refractivity contribution >= 4 is 11.5 Å². The standard InChI is InChI=1S/C14H16N2O/c1-11(17)13-5-2-3-6-14(13)16(10-4-9-15)12-7-8-12/h2-3,5-6,12H,4,7-8,10H2,1H3. The average molecular weight is 228 g/mol. The molecule has 3 nitrogen and oxygen atoms in total. The molecule has 1 saturated carbocycles. The second-order valence-electron chi connectivity index (χ2n) is 4.41. The first-order valence-electron chi connectivity index (χ1n) is 5.97. The summed E-state index contributed by atoms with van der Waals surface area (Å²) in [5.74, 6) is 0.0863. The number of nitriles is 1. The van der Waals surface area contributed by atoms with Crippen LogP contribution >= 0.6 is 0 Å². The van der Waals surface area contributed by atoms with E-state index >= 15 is 0 Å². The maximum Gasteiger partial charge on any atom is 0.161 e. The summed E-state index contributed by atoms with van der Waals surface area (Å²) >= 11 is 0. The molecule has 1 aromatic rings. The molecule has 17 heavy (non-hydrogen) atoms. The van der Waals surface area contributed by atoms with Gasteiger partial charge in [-0.2, -0.15) is 5.26 Å². The zero-order chi connectivity index (χ0) is 12.3. The van der Waals surface area contributed by atoms with Gasteiger partial charge >= 0.3 is 0 Å². The van der Waals surface area contributed by atoms with Crippen LogP contribution in [0.1, 0.15) is 36.5 Å². The first-order valence-corrected chi connectivity index (χ1v) is 5.97. The quantitative estimate of drug-likeness (QED) is 0.728. The van der Waals surface area contributed by atoms with Crippen molar-refractivity contribution in [2.24, 2.45) is 0 Å². The zero-order valence-electron chi connectivity index (χ0n) is 10.0. The number of benzene rings is 1. The molecule has 0 saturated heterocycles. The van der Waals surface area contributed by atoms with Crippen molar-refractivity contribution in [3.8, 4) is 6.07 Å². The van der Waals surface area contributed by atoms with Crippen LogP contribution in [0.15, 0.2) is 24.3 Å². The molecule has 0 atom stereocenters. The lowest BCUT2D eigenvalue weighted by molar-refractivity contribution is 0.101. The minimum Gasteiger partial charge on any atom is -0.367 e. The van der Waals surface area contributed by atoms with Crippen molar-refractivity contribution in [2.75, 3.05) is 11.4 Å². The van der Waals surface area contributed by atoms with Gasteiger partial charge in [0.05, 0.1) is 12.5 Å². The van der Waals surface area contributed by atoms with Crippen molar-refractivity contribution in [1.29, 1.82) is 5.26 Å². The van der Waals surface area contributed by atoms with Gasteiger partial charge in [-0.3, -0.25) is 4.79 Å². The summed E-state index contributed by atoms with van der Waals surface area (Å²) in [6.45, 7) is 2.31. The van der Waals surface area contributed by atoms with Gasteiger partial charge in [0.2, 0.25) is 0 Å². The third-order valence-corrected chi connectivity index (χ3v) is 3.04. The fraction of sp³-hybridized carbons (Fsp3) is 0.429. The average Bonchev–Trinajstić information content (AvgIpc) is 3.14. The van der Waals surface area contributed by atoms with Crippen LogP contribution < -0.4 is 4.90 Å². The summed E-state index contributed by atoms with van der Waals surface area (Å²) in [5.41, 5.74) is 1.75. The number of carbonyl (C=O) groups is 1. The Labute approximate surface area is 102 Å². The van der Waals surface area contributed by atoms with Gasteiger partial charge in [-0.25, -0.2) is 0 Å². The molecular weight excluding hydrogens is 212 g/mol. The Morgan fingerprint density at radius 1 is 1.47 bits per heavy atom. The van der Waals surface area contributed by atoms with Gasteiger partial charge in [0.15, 0.2) is 5.78 Å². The fourth-order valence-electron chi connectivity index (χ4n) is 2.08. The highest BCUT2D eigenvalue weighted by atomic mass is 16.1. The van der Waals surface area contributed by atoms with E-state index in [1.165, 1.54) is 0 Å². The Kier molecular flexibility index (Phi) is 3.43. The molecule has 1 aromatic carbocycles. The van der Waals surface area contributed by atoms with Crippen molar-refractivity contribution < 1.29 is 4.79 Å². The molecule has 0 N–H and O–H groups in total. The van der Waals surface area contributed by atoms with Crippen LogP contribution in [-0.4, -0.2) is 18.4 Å². The van der Waals surface area contributed by atoms with E-state index in [1.807, 2.05) is 24.3 Å². The Balaban J connectivity index is 2.29. The van der Waals surface area contributed by atoms with Crippen molar-refractivity contribution in [2.45, 2.75) is 32.2 Å². The van der Waals surface area contributed by atoms with E-state index in [1.54, 1.807) is 6.92 Å². The summed E-state index contributed by atoms with van der Waals surface area (Å²) in [6, 6.07) is 10.4.